The molecule has 3 rings (SSSR count). The summed E-state index contributed by atoms with van der Waals surface area (Å²) < 4.78 is 33.5. The van der Waals surface area contributed by atoms with Crippen LogP contribution in [0.2, 0.25) is 0 Å². The Hall–Kier alpha value is -1.09. The van der Waals surface area contributed by atoms with Gasteiger partial charge in [0.2, 0.25) is 5.91 Å². The van der Waals surface area contributed by atoms with Crippen molar-refractivity contribution in [1.82, 2.24) is 5.32 Å². The van der Waals surface area contributed by atoms with Crippen LogP contribution in [-0.4, -0.2) is 159 Å². The molecule has 216 valence electrons. The first kappa shape index (κ1) is 30.5. The molecule has 1 unspecified atom stereocenters. The first-order valence-electron chi connectivity index (χ1n) is 11.8. The van der Waals surface area contributed by atoms with Crippen molar-refractivity contribution in [2.24, 2.45) is 0 Å². The predicted octanol–water partition coefficient (Wildman–Crippen LogP) is -5.75. The van der Waals surface area contributed by atoms with Crippen LogP contribution < -0.4 is 5.32 Å². The smallest absolute Gasteiger partial charge is 0.217 e. The highest BCUT2D eigenvalue weighted by Crippen LogP contribution is 2.33. The van der Waals surface area contributed by atoms with Crippen molar-refractivity contribution < 1.29 is 74.1 Å². The van der Waals surface area contributed by atoms with Crippen LogP contribution in [0.1, 0.15) is 13.8 Å². The number of carbonyl (C=O) groups excluding carboxylic acids is 1. The predicted molar refractivity (Wildman–Crippen MR) is 116 cm³/mol. The van der Waals surface area contributed by atoms with Crippen LogP contribution in [0.5, 0.6) is 0 Å². The van der Waals surface area contributed by atoms with Crippen molar-refractivity contribution in [2.75, 3.05) is 20.3 Å². The fourth-order valence-corrected chi connectivity index (χ4v) is 4.63. The van der Waals surface area contributed by atoms with E-state index < -0.39 is 111 Å². The number of hydrogen-bond donors (Lipinski definition) is 9. The van der Waals surface area contributed by atoms with Crippen molar-refractivity contribution in [1.29, 1.82) is 0 Å². The molecule has 1 amide bonds. The van der Waals surface area contributed by atoms with E-state index >= 15 is 0 Å². The van der Waals surface area contributed by atoms with Crippen LogP contribution in [-0.2, 0) is 33.2 Å². The minimum absolute atomic E-state index is 0.611. The number of nitrogens with one attached hydrogen (secondary N) is 1. The second-order valence-corrected chi connectivity index (χ2v) is 9.26. The maximum Gasteiger partial charge on any atom is 0.217 e. The second kappa shape index (κ2) is 12.8. The average molecular weight is 544 g/mol. The van der Waals surface area contributed by atoms with Gasteiger partial charge >= 0.3 is 0 Å². The first-order chi connectivity index (χ1) is 17.4. The van der Waals surface area contributed by atoms with E-state index in [9.17, 15) is 45.6 Å². The van der Waals surface area contributed by atoms with Crippen molar-refractivity contribution >= 4 is 5.91 Å². The van der Waals surface area contributed by atoms with Gasteiger partial charge in [-0.05, 0) is 6.92 Å². The molecule has 37 heavy (non-hydrogen) atoms. The first-order valence-corrected chi connectivity index (χ1v) is 11.8. The lowest BCUT2D eigenvalue weighted by atomic mass is 9.94. The number of aliphatic hydroxyl groups excluding tert-OH is 8. The van der Waals surface area contributed by atoms with Crippen molar-refractivity contribution in [3.05, 3.63) is 0 Å². The highest BCUT2D eigenvalue weighted by atomic mass is 16.8. The highest BCUT2D eigenvalue weighted by molar-refractivity contribution is 5.73. The normalized spacial score (nSPS) is 49.0. The van der Waals surface area contributed by atoms with Crippen LogP contribution in [0.3, 0.4) is 0 Å². The fourth-order valence-electron chi connectivity index (χ4n) is 4.63. The number of ether oxygens (including phenoxy) is 6. The Balaban J connectivity index is 1.95. The van der Waals surface area contributed by atoms with E-state index in [2.05, 4.69) is 5.32 Å². The molecule has 3 heterocycles. The van der Waals surface area contributed by atoms with Crippen molar-refractivity contribution in [2.45, 2.75) is 106 Å². The maximum absolute atomic E-state index is 11.9. The minimum atomic E-state index is -1.74. The molecule has 3 saturated heterocycles. The third-order valence-electron chi connectivity index (χ3n) is 6.70. The van der Waals surface area contributed by atoms with Gasteiger partial charge in [-0.15, -0.1) is 0 Å². The highest BCUT2D eigenvalue weighted by Gasteiger charge is 2.54. The van der Waals surface area contributed by atoms with Gasteiger partial charge < -0.3 is 74.6 Å². The summed E-state index contributed by atoms with van der Waals surface area (Å²) in [7, 11) is 1.20. The van der Waals surface area contributed by atoms with Gasteiger partial charge in [0.1, 0.15) is 67.1 Å². The van der Waals surface area contributed by atoms with Gasteiger partial charge in [-0.2, -0.15) is 0 Å². The van der Waals surface area contributed by atoms with Gasteiger partial charge in [0.05, 0.1) is 19.3 Å². The molecule has 0 aromatic carbocycles. The van der Waals surface area contributed by atoms with Crippen molar-refractivity contribution in [3.8, 4) is 0 Å². The van der Waals surface area contributed by atoms with Crippen LogP contribution in [0, 0.1) is 0 Å². The molecule has 3 aliphatic heterocycles. The molecule has 16 heteroatoms. The van der Waals surface area contributed by atoms with Gasteiger partial charge in [-0.25, -0.2) is 0 Å². The maximum atomic E-state index is 11.9. The molecule has 0 aromatic rings. The van der Waals surface area contributed by atoms with Gasteiger partial charge in [0.15, 0.2) is 18.9 Å². The molecule has 16 nitrogen and oxygen atoms in total. The molecule has 9 N–H and O–H groups in total. The Labute approximate surface area is 212 Å². The van der Waals surface area contributed by atoms with Crippen LogP contribution >= 0.6 is 0 Å². The molecule has 3 aliphatic rings. The molecular formula is C21H37NO15. The second-order valence-electron chi connectivity index (χ2n) is 9.26. The summed E-state index contributed by atoms with van der Waals surface area (Å²) in [5.41, 5.74) is 0. The molecule has 0 saturated carbocycles. The molecular weight excluding hydrogens is 506 g/mol. The number of amides is 1. The molecule has 0 bridgehead atoms. The van der Waals surface area contributed by atoms with E-state index in [0.29, 0.717) is 0 Å². The zero-order valence-corrected chi connectivity index (χ0v) is 20.5. The van der Waals surface area contributed by atoms with E-state index in [-0.39, 0.29) is 0 Å². The largest absolute Gasteiger partial charge is 0.394 e. The van der Waals surface area contributed by atoms with E-state index in [1.807, 2.05) is 0 Å². The molecule has 0 radical (unpaired) electrons. The Morgan fingerprint density at radius 3 is 1.95 bits per heavy atom. The molecule has 0 spiro atoms. The number of hydrogen-bond acceptors (Lipinski definition) is 15. The summed E-state index contributed by atoms with van der Waals surface area (Å²) in [6.07, 6.45) is -20.5. The van der Waals surface area contributed by atoms with E-state index in [1.165, 1.54) is 14.0 Å². The third-order valence-corrected chi connectivity index (χ3v) is 6.70. The molecule has 15 atom stereocenters. The lowest BCUT2D eigenvalue weighted by Gasteiger charge is -2.49. The SMILES string of the molecule is CO[C@H]1[C@H](O[C@H]2[C@H](O[C@@H]3O[C@@H](C)[C@@H](O)[C@@H](O)[C@@H]3O)[C@@H](CO)OC(O)[C@@H]2NC(C)=O)O[C@H](CO)[C@H](O)[C@@H]1O. The Kier molecular flexibility index (Phi) is 10.6. The third kappa shape index (κ3) is 6.39. The number of rotatable bonds is 8. The van der Waals surface area contributed by atoms with Crippen LogP contribution in [0.4, 0.5) is 0 Å². The average Bonchev–Trinajstić information content (AvgIpc) is 2.86. The van der Waals surface area contributed by atoms with Gasteiger partial charge in [-0.1, -0.05) is 0 Å². The van der Waals surface area contributed by atoms with Gasteiger partial charge in [0, 0.05) is 14.0 Å². The lowest BCUT2D eigenvalue weighted by Crippen LogP contribution is -2.69. The van der Waals surface area contributed by atoms with Gasteiger partial charge in [0.25, 0.3) is 0 Å². The van der Waals surface area contributed by atoms with E-state index in [4.69, 9.17) is 28.4 Å². The Morgan fingerprint density at radius 1 is 0.757 bits per heavy atom. The molecule has 0 aliphatic carbocycles. The summed E-state index contributed by atoms with van der Waals surface area (Å²) in [6, 6.07) is -1.36. The fraction of sp³-hybridized carbons (Fsp3) is 0.952. The summed E-state index contributed by atoms with van der Waals surface area (Å²) in [5.74, 6) is -0.611. The zero-order chi connectivity index (χ0) is 27.6. The summed E-state index contributed by atoms with van der Waals surface area (Å²) >= 11 is 0. The summed E-state index contributed by atoms with van der Waals surface area (Å²) in [4.78, 5) is 11.9. The van der Waals surface area contributed by atoms with E-state index in [0.717, 1.165) is 6.92 Å². The van der Waals surface area contributed by atoms with E-state index in [1.54, 1.807) is 0 Å². The zero-order valence-electron chi connectivity index (χ0n) is 20.5. The molecule has 3 fully saturated rings. The monoisotopic (exact) mass is 543 g/mol. The minimum Gasteiger partial charge on any atom is -0.394 e. The van der Waals surface area contributed by atoms with Crippen LogP contribution in [0.15, 0.2) is 0 Å². The standard InChI is InChI=1S/C21H37NO15/c1-6-11(26)13(28)15(30)20(33-6)36-16-9(5-24)34-19(31)10(22-7(2)25)17(16)37-21-18(32-3)14(29)12(27)8(4-23)35-21/h6,8-21,23-24,26-31H,4-5H2,1-3H3,(H,22,25)/t6-,8+,9+,10+,11+,12-,13+,14-,15-,16+,17+,18+,19?,20-,21-/m0/s1. The summed E-state index contributed by atoms with van der Waals surface area (Å²) in [6.45, 7) is 1.15. The Bertz CT molecular complexity index is 747. The van der Waals surface area contributed by atoms with Crippen molar-refractivity contribution in [3.63, 3.8) is 0 Å². The Morgan fingerprint density at radius 2 is 1.38 bits per heavy atom. The van der Waals surface area contributed by atoms with Crippen LogP contribution in [0.25, 0.3) is 0 Å². The van der Waals surface area contributed by atoms with Gasteiger partial charge in [-0.3, -0.25) is 4.79 Å². The lowest BCUT2D eigenvalue weighted by molar-refractivity contribution is -0.371. The number of carbonyl (C=O) groups is 1. The number of methoxy groups -OCH3 is 1. The topological polar surface area (TPSA) is 246 Å². The molecule has 0 aromatic heterocycles. The summed E-state index contributed by atoms with van der Waals surface area (Å²) in [5, 5.41) is 83.8. The quantitative estimate of drug-likeness (QED) is 0.138. The number of aliphatic hydroxyl groups is 8.